The number of piperidine rings is 1. The average Bonchev–Trinajstić information content (AvgIpc) is 2.65. The third kappa shape index (κ3) is 7.54. The third-order valence-corrected chi connectivity index (χ3v) is 5.77. The van der Waals surface area contributed by atoms with Gasteiger partial charge in [0.1, 0.15) is 5.60 Å². The summed E-state index contributed by atoms with van der Waals surface area (Å²) in [4.78, 5) is 26.4. The average molecular weight is 432 g/mol. The Balaban J connectivity index is 1.82. The van der Waals surface area contributed by atoms with Crippen molar-refractivity contribution in [2.24, 2.45) is 0 Å². The van der Waals surface area contributed by atoms with Crippen LogP contribution in [0.2, 0.25) is 0 Å². The second-order valence-electron chi connectivity index (χ2n) is 10.3. The molecule has 31 heavy (non-hydrogen) atoms. The van der Waals surface area contributed by atoms with Crippen molar-refractivity contribution in [2.45, 2.75) is 84.2 Å². The van der Waals surface area contributed by atoms with E-state index < -0.39 is 16.8 Å². The van der Waals surface area contributed by atoms with Gasteiger partial charge in [0.2, 0.25) is 0 Å². The maximum atomic E-state index is 12.6. The summed E-state index contributed by atoms with van der Waals surface area (Å²) in [5, 5.41) is 13.2. The van der Waals surface area contributed by atoms with Gasteiger partial charge in [0.15, 0.2) is 0 Å². The number of ether oxygens (including phenoxy) is 1. The zero-order chi connectivity index (χ0) is 23.4. The van der Waals surface area contributed by atoms with Gasteiger partial charge in [-0.25, -0.2) is 4.79 Å². The van der Waals surface area contributed by atoms with Crippen molar-refractivity contribution < 1.29 is 24.1 Å². The molecule has 8 heteroatoms. The van der Waals surface area contributed by atoms with Crippen LogP contribution in [-0.2, 0) is 9.39 Å². The van der Waals surface area contributed by atoms with Crippen LogP contribution in [0.5, 0.6) is 0 Å². The lowest BCUT2D eigenvalue weighted by atomic mass is 9.82. The fraction of sp³-hybridized carbons (Fsp3) is 0.652. The Morgan fingerprint density at radius 1 is 1.03 bits per heavy atom. The van der Waals surface area contributed by atoms with E-state index in [0.29, 0.717) is 39.0 Å². The molecule has 2 N–H and O–H groups in total. The molecule has 1 fully saturated rings. The molecule has 0 aromatic heterocycles. The summed E-state index contributed by atoms with van der Waals surface area (Å²) in [5.74, 6) is -0.125. The number of nitrogens with one attached hydrogen (secondary N) is 1. The second kappa shape index (κ2) is 9.61. The molecule has 7 nitrogen and oxygen atoms in total. The standard InChI is InChI=1S/C23H37BN2O5/c1-21(2,3)30-20(28)26-14-12-18(13-15-26)25-19(27)16-8-10-17(11-9-16)24-31-23(6,7)22(4,5)29/h8-11,18,24,29H,12-15H2,1-7H3,(H,25,27). The molecule has 0 aliphatic carbocycles. The fourth-order valence-corrected chi connectivity index (χ4v) is 2.99. The minimum atomic E-state index is -0.966. The van der Waals surface area contributed by atoms with Crippen LogP contribution in [0.3, 0.4) is 0 Å². The molecule has 1 saturated heterocycles. The van der Waals surface area contributed by atoms with Crippen LogP contribution in [0.4, 0.5) is 4.79 Å². The predicted molar refractivity (Wildman–Crippen MR) is 123 cm³/mol. The van der Waals surface area contributed by atoms with Gasteiger partial charge in [-0.1, -0.05) is 17.6 Å². The van der Waals surface area contributed by atoms with E-state index in [2.05, 4.69) is 5.32 Å². The molecule has 172 valence electrons. The van der Waals surface area contributed by atoms with Crippen LogP contribution >= 0.6 is 0 Å². The maximum absolute atomic E-state index is 12.6. The van der Waals surface area contributed by atoms with Crippen molar-refractivity contribution in [3.63, 3.8) is 0 Å². The van der Waals surface area contributed by atoms with E-state index in [1.54, 1.807) is 30.9 Å². The van der Waals surface area contributed by atoms with Gasteiger partial charge in [0, 0.05) is 24.7 Å². The zero-order valence-electron chi connectivity index (χ0n) is 19.9. The van der Waals surface area contributed by atoms with E-state index >= 15 is 0 Å². The minimum absolute atomic E-state index is 0.0294. The molecule has 1 aliphatic heterocycles. The summed E-state index contributed by atoms with van der Waals surface area (Å²) in [6.45, 7) is 13.8. The smallest absolute Gasteiger partial charge is 0.410 e. The number of benzene rings is 1. The summed E-state index contributed by atoms with van der Waals surface area (Å²) in [7, 11) is 0.349. The highest BCUT2D eigenvalue weighted by Gasteiger charge is 2.35. The molecule has 2 amide bonds. The van der Waals surface area contributed by atoms with Crippen molar-refractivity contribution in [2.75, 3.05) is 13.1 Å². The first kappa shape index (κ1) is 25.2. The Labute approximate surface area is 186 Å². The monoisotopic (exact) mass is 432 g/mol. The molecule has 0 saturated carbocycles. The first-order valence-electron chi connectivity index (χ1n) is 10.9. The van der Waals surface area contributed by atoms with Crippen LogP contribution in [0.15, 0.2) is 24.3 Å². The molecule has 1 aromatic rings. The summed E-state index contributed by atoms with van der Waals surface area (Å²) >= 11 is 0. The Morgan fingerprint density at radius 2 is 1.58 bits per heavy atom. The Bertz CT molecular complexity index is 758. The van der Waals surface area contributed by atoms with Crippen LogP contribution < -0.4 is 10.8 Å². The van der Waals surface area contributed by atoms with Crippen LogP contribution in [0.1, 0.15) is 71.7 Å². The number of likely N-dealkylation sites (tertiary alicyclic amines) is 1. The van der Waals surface area contributed by atoms with E-state index in [9.17, 15) is 14.7 Å². The van der Waals surface area contributed by atoms with E-state index in [0.717, 1.165) is 5.46 Å². The second-order valence-corrected chi connectivity index (χ2v) is 10.3. The first-order chi connectivity index (χ1) is 14.2. The number of aliphatic hydroxyl groups is 1. The van der Waals surface area contributed by atoms with Crippen molar-refractivity contribution in [3.8, 4) is 0 Å². The highest BCUT2D eigenvalue weighted by molar-refractivity contribution is 6.47. The summed E-state index contributed by atoms with van der Waals surface area (Å²) in [5.41, 5.74) is -0.661. The van der Waals surface area contributed by atoms with Crippen LogP contribution in [-0.4, -0.2) is 65.4 Å². The molecule has 0 unspecified atom stereocenters. The van der Waals surface area contributed by atoms with Gasteiger partial charge in [-0.05, 0) is 73.4 Å². The van der Waals surface area contributed by atoms with Gasteiger partial charge in [-0.15, -0.1) is 0 Å². The molecule has 2 rings (SSSR count). The van der Waals surface area contributed by atoms with Gasteiger partial charge in [-0.3, -0.25) is 4.79 Å². The molecule has 1 heterocycles. The van der Waals surface area contributed by atoms with Gasteiger partial charge < -0.3 is 24.7 Å². The van der Waals surface area contributed by atoms with Crippen LogP contribution in [0, 0.1) is 0 Å². The lowest BCUT2D eigenvalue weighted by molar-refractivity contribution is -0.0893. The number of nitrogens with zero attached hydrogens (tertiary/aromatic N) is 1. The number of carbonyl (C=O) groups is 2. The number of hydrogen-bond acceptors (Lipinski definition) is 5. The Kier molecular flexibility index (Phi) is 7.82. The molecule has 0 atom stereocenters. The minimum Gasteiger partial charge on any atom is -0.444 e. The SMILES string of the molecule is CC(C)(C)OC(=O)N1CCC(NC(=O)c2ccc(BOC(C)(C)C(C)(C)O)cc2)CC1. The maximum Gasteiger partial charge on any atom is 0.410 e. The van der Waals surface area contributed by atoms with Crippen molar-refractivity contribution in [1.29, 1.82) is 0 Å². The topological polar surface area (TPSA) is 88.1 Å². The predicted octanol–water partition coefficient (Wildman–Crippen LogP) is 2.36. The van der Waals surface area contributed by atoms with E-state index in [1.165, 1.54) is 0 Å². The number of carbonyl (C=O) groups excluding carboxylic acids is 2. The molecule has 0 bridgehead atoms. The van der Waals surface area contributed by atoms with Gasteiger partial charge in [-0.2, -0.15) is 0 Å². The first-order valence-corrected chi connectivity index (χ1v) is 10.9. The molecule has 1 aliphatic rings. The summed E-state index contributed by atoms with van der Waals surface area (Å²) in [6.07, 6.45) is 1.09. The van der Waals surface area contributed by atoms with Crippen molar-refractivity contribution >= 4 is 24.9 Å². The van der Waals surface area contributed by atoms with E-state index in [1.807, 2.05) is 46.8 Å². The fourth-order valence-electron chi connectivity index (χ4n) is 2.99. The zero-order valence-corrected chi connectivity index (χ0v) is 19.9. The van der Waals surface area contributed by atoms with E-state index in [4.69, 9.17) is 9.39 Å². The summed E-state index contributed by atoms with van der Waals surface area (Å²) < 4.78 is 11.3. The Hall–Kier alpha value is -2.06. The molecular weight excluding hydrogens is 395 g/mol. The van der Waals surface area contributed by atoms with E-state index in [-0.39, 0.29) is 18.0 Å². The van der Waals surface area contributed by atoms with Crippen LogP contribution in [0.25, 0.3) is 0 Å². The molecule has 0 radical (unpaired) electrons. The lowest BCUT2D eigenvalue weighted by Gasteiger charge is -2.37. The highest BCUT2D eigenvalue weighted by atomic mass is 16.6. The molecule has 0 spiro atoms. The largest absolute Gasteiger partial charge is 0.444 e. The van der Waals surface area contributed by atoms with Crippen molar-refractivity contribution in [3.05, 3.63) is 29.8 Å². The van der Waals surface area contributed by atoms with Gasteiger partial charge in [0.25, 0.3) is 5.91 Å². The van der Waals surface area contributed by atoms with Crippen molar-refractivity contribution in [1.82, 2.24) is 10.2 Å². The van der Waals surface area contributed by atoms with Gasteiger partial charge >= 0.3 is 13.6 Å². The number of rotatable bonds is 6. The number of hydrogen-bond donors (Lipinski definition) is 2. The number of amides is 2. The molecule has 1 aromatic carbocycles. The Morgan fingerprint density at radius 3 is 2.06 bits per heavy atom. The molecular formula is C23H37BN2O5. The highest BCUT2D eigenvalue weighted by Crippen LogP contribution is 2.24. The lowest BCUT2D eigenvalue weighted by Crippen LogP contribution is -2.49. The quantitative estimate of drug-likeness (QED) is 0.674. The van der Waals surface area contributed by atoms with Gasteiger partial charge in [0.05, 0.1) is 11.2 Å². The third-order valence-electron chi connectivity index (χ3n) is 5.77. The summed E-state index contributed by atoms with van der Waals surface area (Å²) in [6, 6.07) is 7.31. The normalized spacial score (nSPS) is 16.1.